The number of carboxylic acids is 1. The molecule has 0 radical (unpaired) electrons. The number of carbonyl (C=O) groups is 1. The SMILES string of the molecule is C/C(=C\N=C\N(Cc1ccccc1)Cc1ccccc1)C(=O)O. The summed E-state index contributed by atoms with van der Waals surface area (Å²) in [4.78, 5) is 17.0. The van der Waals surface area contributed by atoms with E-state index in [1.54, 1.807) is 6.34 Å². The van der Waals surface area contributed by atoms with Crippen molar-refractivity contribution in [2.45, 2.75) is 20.0 Å². The molecule has 0 aliphatic heterocycles. The fraction of sp³-hybridized carbons (Fsp3) is 0.158. The number of benzene rings is 2. The lowest BCUT2D eigenvalue weighted by molar-refractivity contribution is -0.132. The number of hydrogen-bond donors (Lipinski definition) is 1. The summed E-state index contributed by atoms with van der Waals surface area (Å²) in [6.07, 6.45) is 3.05. The minimum Gasteiger partial charge on any atom is -0.478 e. The zero-order chi connectivity index (χ0) is 16.5. The largest absolute Gasteiger partial charge is 0.478 e. The summed E-state index contributed by atoms with van der Waals surface area (Å²) in [5.41, 5.74) is 2.56. The first-order valence-corrected chi connectivity index (χ1v) is 7.40. The molecule has 0 aliphatic carbocycles. The van der Waals surface area contributed by atoms with Crippen LogP contribution in [0.1, 0.15) is 18.1 Å². The van der Waals surface area contributed by atoms with Gasteiger partial charge in [0.05, 0.1) is 11.9 Å². The molecule has 0 unspecified atom stereocenters. The summed E-state index contributed by atoms with van der Waals surface area (Å²) in [5, 5.41) is 8.86. The van der Waals surface area contributed by atoms with Gasteiger partial charge in [-0.25, -0.2) is 9.79 Å². The highest BCUT2D eigenvalue weighted by Crippen LogP contribution is 2.08. The van der Waals surface area contributed by atoms with Crippen molar-refractivity contribution in [1.29, 1.82) is 0 Å². The first-order valence-electron chi connectivity index (χ1n) is 7.40. The zero-order valence-electron chi connectivity index (χ0n) is 13.1. The molecule has 0 aliphatic rings. The first kappa shape index (κ1) is 16.5. The summed E-state index contributed by atoms with van der Waals surface area (Å²) >= 11 is 0. The van der Waals surface area contributed by atoms with E-state index in [1.807, 2.05) is 36.4 Å². The van der Waals surface area contributed by atoms with Crippen molar-refractivity contribution < 1.29 is 9.90 Å². The van der Waals surface area contributed by atoms with E-state index in [0.717, 1.165) is 0 Å². The van der Waals surface area contributed by atoms with Crippen LogP contribution in [0.4, 0.5) is 0 Å². The maximum Gasteiger partial charge on any atom is 0.332 e. The quantitative estimate of drug-likeness (QED) is 0.482. The summed E-state index contributed by atoms with van der Waals surface area (Å²) < 4.78 is 0. The lowest BCUT2D eigenvalue weighted by atomic mass is 10.2. The molecule has 0 bridgehead atoms. The van der Waals surface area contributed by atoms with Gasteiger partial charge in [0.1, 0.15) is 0 Å². The number of nitrogens with zero attached hydrogens (tertiary/aromatic N) is 2. The fourth-order valence-electron chi connectivity index (χ4n) is 2.07. The van der Waals surface area contributed by atoms with Gasteiger partial charge in [0, 0.05) is 19.3 Å². The van der Waals surface area contributed by atoms with E-state index >= 15 is 0 Å². The lowest BCUT2D eigenvalue weighted by Gasteiger charge is -2.19. The lowest BCUT2D eigenvalue weighted by Crippen LogP contribution is -2.20. The molecule has 0 heterocycles. The Kier molecular flexibility index (Phi) is 6.12. The molecule has 0 spiro atoms. The Hall–Kier alpha value is -2.88. The van der Waals surface area contributed by atoms with Crippen LogP contribution in [0.15, 0.2) is 77.4 Å². The second-order valence-electron chi connectivity index (χ2n) is 5.26. The molecule has 0 saturated carbocycles. The average Bonchev–Trinajstić information content (AvgIpc) is 2.56. The van der Waals surface area contributed by atoms with Gasteiger partial charge in [0.2, 0.25) is 0 Å². The summed E-state index contributed by atoms with van der Waals surface area (Å²) in [5.74, 6) is -0.959. The molecule has 0 saturated heterocycles. The highest BCUT2D eigenvalue weighted by molar-refractivity contribution is 5.85. The number of carboxylic acid groups (broad SMARTS) is 1. The van der Waals surface area contributed by atoms with Gasteiger partial charge in [-0.3, -0.25) is 0 Å². The van der Waals surface area contributed by atoms with E-state index in [0.29, 0.717) is 13.1 Å². The van der Waals surface area contributed by atoms with E-state index in [1.165, 1.54) is 24.3 Å². The van der Waals surface area contributed by atoms with Crippen molar-refractivity contribution in [1.82, 2.24) is 4.90 Å². The molecule has 1 N–H and O–H groups in total. The second kappa shape index (κ2) is 8.54. The van der Waals surface area contributed by atoms with Crippen LogP contribution in [0.2, 0.25) is 0 Å². The van der Waals surface area contributed by atoms with Crippen molar-refractivity contribution in [2.75, 3.05) is 0 Å². The van der Waals surface area contributed by atoms with E-state index in [2.05, 4.69) is 34.2 Å². The average molecular weight is 308 g/mol. The third kappa shape index (κ3) is 5.79. The third-order valence-electron chi connectivity index (χ3n) is 3.29. The van der Waals surface area contributed by atoms with Crippen molar-refractivity contribution in [3.63, 3.8) is 0 Å². The molecular formula is C19H20N2O2. The second-order valence-corrected chi connectivity index (χ2v) is 5.26. The van der Waals surface area contributed by atoms with Crippen LogP contribution in [-0.2, 0) is 17.9 Å². The topological polar surface area (TPSA) is 52.9 Å². The van der Waals surface area contributed by atoms with Crippen molar-refractivity contribution in [3.05, 3.63) is 83.6 Å². The van der Waals surface area contributed by atoms with Crippen LogP contribution < -0.4 is 0 Å². The van der Waals surface area contributed by atoms with Crippen LogP contribution in [0, 0.1) is 0 Å². The number of rotatable bonds is 7. The highest BCUT2D eigenvalue weighted by Gasteiger charge is 2.03. The number of aliphatic imine (C=N–C) groups is 1. The van der Waals surface area contributed by atoms with Gasteiger partial charge in [0.15, 0.2) is 0 Å². The van der Waals surface area contributed by atoms with Crippen molar-refractivity contribution in [2.24, 2.45) is 4.99 Å². The maximum atomic E-state index is 10.8. The number of aliphatic carboxylic acids is 1. The van der Waals surface area contributed by atoms with Crippen LogP contribution in [0.3, 0.4) is 0 Å². The summed E-state index contributed by atoms with van der Waals surface area (Å²) in [6, 6.07) is 20.2. The molecule has 0 aromatic heterocycles. The fourth-order valence-corrected chi connectivity index (χ4v) is 2.07. The van der Waals surface area contributed by atoms with Gasteiger partial charge in [-0.15, -0.1) is 0 Å². The Morgan fingerprint density at radius 2 is 1.48 bits per heavy atom. The van der Waals surface area contributed by atoms with Gasteiger partial charge in [-0.2, -0.15) is 0 Å². The van der Waals surface area contributed by atoms with E-state index in [9.17, 15) is 4.79 Å². The molecule has 23 heavy (non-hydrogen) atoms. The van der Waals surface area contributed by atoms with Crippen molar-refractivity contribution >= 4 is 12.3 Å². The highest BCUT2D eigenvalue weighted by atomic mass is 16.4. The molecule has 2 aromatic rings. The predicted molar refractivity (Wildman–Crippen MR) is 92.0 cm³/mol. The minimum atomic E-state index is -0.959. The van der Waals surface area contributed by atoms with E-state index < -0.39 is 5.97 Å². The Labute approximate surface area is 136 Å². The molecule has 4 nitrogen and oxygen atoms in total. The van der Waals surface area contributed by atoms with E-state index in [-0.39, 0.29) is 5.57 Å². The smallest absolute Gasteiger partial charge is 0.332 e. The summed E-state index contributed by atoms with van der Waals surface area (Å²) in [7, 11) is 0. The molecule has 0 atom stereocenters. The predicted octanol–water partition coefficient (Wildman–Crippen LogP) is 3.71. The van der Waals surface area contributed by atoms with Gasteiger partial charge in [-0.1, -0.05) is 60.7 Å². The molecule has 2 rings (SSSR count). The van der Waals surface area contributed by atoms with Crippen molar-refractivity contribution in [3.8, 4) is 0 Å². The van der Waals surface area contributed by atoms with Gasteiger partial charge in [0.25, 0.3) is 0 Å². The monoisotopic (exact) mass is 308 g/mol. The Morgan fingerprint density at radius 1 is 1.00 bits per heavy atom. The van der Waals surface area contributed by atoms with E-state index in [4.69, 9.17) is 5.11 Å². The zero-order valence-corrected chi connectivity index (χ0v) is 13.1. The van der Waals surface area contributed by atoms with Gasteiger partial charge < -0.3 is 10.0 Å². The molecule has 0 fully saturated rings. The van der Waals surface area contributed by atoms with Gasteiger partial charge in [-0.05, 0) is 18.1 Å². The van der Waals surface area contributed by atoms with Crippen LogP contribution >= 0.6 is 0 Å². The molecule has 0 amide bonds. The maximum absolute atomic E-state index is 10.8. The molecule has 4 heteroatoms. The number of hydrogen-bond acceptors (Lipinski definition) is 2. The first-order chi connectivity index (χ1) is 11.1. The third-order valence-corrected chi connectivity index (χ3v) is 3.29. The normalized spacial score (nSPS) is 11.6. The Morgan fingerprint density at radius 3 is 1.91 bits per heavy atom. The Bertz CT molecular complexity index is 638. The Balaban J connectivity index is 2.12. The molecular weight excluding hydrogens is 288 g/mol. The standard InChI is InChI=1S/C19H20N2O2/c1-16(19(22)23)12-20-15-21(13-17-8-4-2-5-9-17)14-18-10-6-3-7-11-18/h2-12,15H,13-14H2,1H3,(H,22,23)/b16-12+,20-15+. The van der Waals surface area contributed by atoms with Crippen LogP contribution in [0.5, 0.6) is 0 Å². The minimum absolute atomic E-state index is 0.209. The van der Waals surface area contributed by atoms with Gasteiger partial charge >= 0.3 is 5.97 Å². The molecule has 2 aromatic carbocycles. The van der Waals surface area contributed by atoms with Crippen LogP contribution in [-0.4, -0.2) is 22.3 Å². The molecule has 118 valence electrons. The summed E-state index contributed by atoms with van der Waals surface area (Å²) in [6.45, 7) is 2.94. The van der Waals surface area contributed by atoms with Crippen LogP contribution in [0.25, 0.3) is 0 Å².